The Balaban J connectivity index is 1.81. The highest BCUT2D eigenvalue weighted by Crippen LogP contribution is 2.60. The highest BCUT2D eigenvalue weighted by molar-refractivity contribution is 5.87. The number of hydrogen-bond donors (Lipinski definition) is 1. The van der Waals surface area contributed by atoms with Crippen molar-refractivity contribution in [1.29, 1.82) is 0 Å². The number of carboxylic acid groups (broad SMARTS) is 1. The smallest absolute Gasteiger partial charge is 0.326 e. The first kappa shape index (κ1) is 13.9. The van der Waals surface area contributed by atoms with E-state index < -0.39 is 12.0 Å². The molecule has 0 radical (unpaired) electrons. The van der Waals surface area contributed by atoms with Gasteiger partial charge in [-0.05, 0) is 62.7 Å². The van der Waals surface area contributed by atoms with Crippen LogP contribution in [-0.2, 0) is 9.59 Å². The normalized spacial score (nSPS) is 39.6. The second kappa shape index (κ2) is 4.74. The molecule has 4 rings (SSSR count). The Hall–Kier alpha value is -1.06. The Kier molecular flexibility index (Phi) is 3.30. The van der Waals surface area contributed by atoms with Crippen molar-refractivity contribution in [3.63, 3.8) is 0 Å². The zero-order chi connectivity index (χ0) is 14.5. The molecule has 4 fully saturated rings. The molecule has 4 bridgehead atoms. The van der Waals surface area contributed by atoms with Crippen LogP contribution in [0.2, 0.25) is 0 Å². The maximum absolute atomic E-state index is 13.0. The number of carboxylic acids is 1. The molecule has 112 valence electrons. The van der Waals surface area contributed by atoms with Gasteiger partial charge in [-0.1, -0.05) is 6.92 Å². The number of hydrogen-bond acceptors (Lipinski definition) is 2. The third kappa shape index (κ3) is 2.04. The summed E-state index contributed by atoms with van der Waals surface area (Å²) in [5, 5.41) is 9.28. The van der Waals surface area contributed by atoms with Gasteiger partial charge in [-0.2, -0.15) is 0 Å². The van der Waals surface area contributed by atoms with Gasteiger partial charge in [0.1, 0.15) is 6.04 Å². The van der Waals surface area contributed by atoms with Crippen LogP contribution in [0.3, 0.4) is 0 Å². The maximum Gasteiger partial charge on any atom is 0.326 e. The molecular weight excluding hydrogens is 254 g/mol. The minimum absolute atomic E-state index is 0.103. The summed E-state index contributed by atoms with van der Waals surface area (Å²) < 4.78 is 0. The highest BCUT2D eigenvalue weighted by atomic mass is 16.4. The lowest BCUT2D eigenvalue weighted by Crippen LogP contribution is -2.56. The lowest BCUT2D eigenvalue weighted by Gasteiger charge is -2.56. The van der Waals surface area contributed by atoms with Crippen LogP contribution in [-0.4, -0.2) is 35.0 Å². The molecule has 4 saturated carbocycles. The Morgan fingerprint density at radius 3 is 1.95 bits per heavy atom. The second-order valence-electron chi connectivity index (χ2n) is 7.38. The molecule has 20 heavy (non-hydrogen) atoms. The molecule has 4 aliphatic carbocycles. The van der Waals surface area contributed by atoms with E-state index in [0.29, 0.717) is 24.2 Å². The summed E-state index contributed by atoms with van der Waals surface area (Å²) in [7, 11) is 1.68. The van der Waals surface area contributed by atoms with E-state index in [-0.39, 0.29) is 11.3 Å². The van der Waals surface area contributed by atoms with Gasteiger partial charge in [0.25, 0.3) is 0 Å². The second-order valence-corrected chi connectivity index (χ2v) is 7.38. The van der Waals surface area contributed by atoms with Gasteiger partial charge in [-0.25, -0.2) is 4.79 Å². The maximum atomic E-state index is 13.0. The lowest BCUT2D eigenvalue weighted by molar-refractivity contribution is -0.164. The zero-order valence-electron chi connectivity index (χ0n) is 12.5. The van der Waals surface area contributed by atoms with Crippen LogP contribution in [0, 0.1) is 23.2 Å². The zero-order valence-corrected chi connectivity index (χ0v) is 12.5. The van der Waals surface area contributed by atoms with Gasteiger partial charge in [0.05, 0.1) is 5.41 Å². The standard InChI is InChI=1S/C16H25NO3/c1-3-13(14(18)19)17(2)15(20)16-7-10-4-11(8-16)6-12(5-10)9-16/h10-13H,3-9H2,1-2H3,(H,18,19). The predicted octanol–water partition coefficient (Wildman–Crippen LogP) is 2.52. The lowest BCUT2D eigenvalue weighted by atomic mass is 9.49. The van der Waals surface area contributed by atoms with E-state index in [4.69, 9.17) is 0 Å². The van der Waals surface area contributed by atoms with Crippen LogP contribution in [0.5, 0.6) is 0 Å². The Morgan fingerprint density at radius 2 is 1.60 bits per heavy atom. The Morgan fingerprint density at radius 1 is 1.15 bits per heavy atom. The van der Waals surface area contributed by atoms with Crippen molar-refractivity contribution in [3.05, 3.63) is 0 Å². The van der Waals surface area contributed by atoms with E-state index in [1.165, 1.54) is 24.2 Å². The van der Waals surface area contributed by atoms with Crippen molar-refractivity contribution in [2.24, 2.45) is 23.2 Å². The molecule has 0 aromatic heterocycles. The van der Waals surface area contributed by atoms with Crippen molar-refractivity contribution < 1.29 is 14.7 Å². The van der Waals surface area contributed by atoms with Crippen molar-refractivity contribution >= 4 is 11.9 Å². The largest absolute Gasteiger partial charge is 0.480 e. The average Bonchev–Trinajstić information content (AvgIpc) is 2.36. The topological polar surface area (TPSA) is 57.6 Å². The van der Waals surface area contributed by atoms with Crippen LogP contribution >= 0.6 is 0 Å². The Bertz CT molecular complexity index is 396. The summed E-state index contributed by atoms with van der Waals surface area (Å²) in [6.07, 6.45) is 7.36. The van der Waals surface area contributed by atoms with Gasteiger partial charge in [-0.3, -0.25) is 4.79 Å². The van der Waals surface area contributed by atoms with E-state index in [0.717, 1.165) is 19.3 Å². The summed E-state index contributed by atoms with van der Waals surface area (Å²) in [6, 6.07) is -0.671. The summed E-state index contributed by atoms with van der Waals surface area (Å²) in [5.41, 5.74) is -0.230. The summed E-state index contributed by atoms with van der Waals surface area (Å²) in [6.45, 7) is 1.84. The molecule has 1 amide bonds. The van der Waals surface area contributed by atoms with Gasteiger partial charge in [0, 0.05) is 7.05 Å². The molecule has 0 spiro atoms. The van der Waals surface area contributed by atoms with Crippen LogP contribution in [0.4, 0.5) is 0 Å². The number of carbonyl (C=O) groups is 2. The number of aliphatic carboxylic acids is 1. The molecule has 0 aromatic rings. The molecule has 0 saturated heterocycles. The van der Waals surface area contributed by atoms with Crippen LogP contribution < -0.4 is 0 Å². The first-order valence-electron chi connectivity index (χ1n) is 7.95. The van der Waals surface area contributed by atoms with Crippen LogP contribution in [0.1, 0.15) is 51.9 Å². The first-order valence-corrected chi connectivity index (χ1v) is 7.95. The molecule has 1 N–H and O–H groups in total. The minimum Gasteiger partial charge on any atom is -0.480 e. The van der Waals surface area contributed by atoms with E-state index >= 15 is 0 Å². The molecule has 4 nitrogen and oxygen atoms in total. The Labute approximate surface area is 120 Å². The van der Waals surface area contributed by atoms with Crippen molar-refractivity contribution in [1.82, 2.24) is 4.90 Å². The number of amides is 1. The molecular formula is C16H25NO3. The van der Waals surface area contributed by atoms with Gasteiger partial charge < -0.3 is 10.0 Å². The highest BCUT2D eigenvalue weighted by Gasteiger charge is 2.55. The molecule has 0 aromatic carbocycles. The molecule has 1 atom stereocenters. The van der Waals surface area contributed by atoms with Crippen molar-refractivity contribution in [2.75, 3.05) is 7.05 Å². The van der Waals surface area contributed by atoms with Gasteiger partial charge in [0.15, 0.2) is 0 Å². The summed E-state index contributed by atoms with van der Waals surface area (Å²) in [5.74, 6) is 1.36. The molecule has 1 unspecified atom stereocenters. The third-order valence-electron chi connectivity index (χ3n) is 5.95. The molecule has 0 heterocycles. The first-order chi connectivity index (χ1) is 9.45. The molecule has 4 aliphatic rings. The van der Waals surface area contributed by atoms with E-state index in [2.05, 4.69) is 0 Å². The quantitative estimate of drug-likeness (QED) is 0.860. The fraction of sp³-hybridized carbons (Fsp3) is 0.875. The number of nitrogens with zero attached hydrogens (tertiary/aromatic N) is 1. The van der Waals surface area contributed by atoms with Crippen molar-refractivity contribution in [3.8, 4) is 0 Å². The number of likely N-dealkylation sites (N-methyl/N-ethyl adjacent to an activating group) is 1. The predicted molar refractivity (Wildman–Crippen MR) is 75.1 cm³/mol. The minimum atomic E-state index is -0.881. The molecule has 4 heteroatoms. The summed E-state index contributed by atoms with van der Waals surface area (Å²) in [4.78, 5) is 25.8. The van der Waals surface area contributed by atoms with Gasteiger partial charge in [0.2, 0.25) is 5.91 Å². The van der Waals surface area contributed by atoms with Crippen LogP contribution in [0.15, 0.2) is 0 Å². The molecule has 0 aliphatic heterocycles. The SMILES string of the molecule is CCC(C(=O)O)N(C)C(=O)C12CC3CC(CC(C3)C1)C2. The van der Waals surface area contributed by atoms with E-state index in [1.54, 1.807) is 7.05 Å². The third-order valence-corrected chi connectivity index (χ3v) is 5.95. The number of carbonyl (C=O) groups excluding carboxylic acids is 1. The number of rotatable bonds is 4. The van der Waals surface area contributed by atoms with Gasteiger partial charge in [-0.15, -0.1) is 0 Å². The van der Waals surface area contributed by atoms with Crippen LogP contribution in [0.25, 0.3) is 0 Å². The van der Waals surface area contributed by atoms with E-state index in [1.807, 2.05) is 6.92 Å². The van der Waals surface area contributed by atoms with Gasteiger partial charge >= 0.3 is 5.97 Å². The van der Waals surface area contributed by atoms with Crippen molar-refractivity contribution in [2.45, 2.75) is 57.9 Å². The average molecular weight is 279 g/mol. The summed E-state index contributed by atoms with van der Waals surface area (Å²) >= 11 is 0. The van der Waals surface area contributed by atoms with E-state index in [9.17, 15) is 14.7 Å². The fourth-order valence-electron chi connectivity index (χ4n) is 5.50. The monoisotopic (exact) mass is 279 g/mol. The fourth-order valence-corrected chi connectivity index (χ4v) is 5.50.